The molecular formula is C17H23ClN2. The molecule has 0 bridgehead atoms. The molecule has 1 heterocycles. The number of aromatic nitrogens is 1. The minimum absolute atomic E-state index is 0.469. The fourth-order valence-corrected chi connectivity index (χ4v) is 2.69. The van der Waals surface area contributed by atoms with Gasteiger partial charge in [0.25, 0.3) is 0 Å². The standard InChI is InChI=1S/C17H23ClN2/c1-3-4-5-6-8-13(2)20-16-11-10-15(18)17-14(16)9-7-12-19-17/h7,9-13,20H,3-6,8H2,1-2H3. The molecule has 1 aromatic carbocycles. The number of unbranched alkanes of at least 4 members (excludes halogenated alkanes) is 3. The van der Waals surface area contributed by atoms with Crippen molar-refractivity contribution >= 4 is 28.2 Å². The van der Waals surface area contributed by atoms with Gasteiger partial charge in [-0.15, -0.1) is 0 Å². The Morgan fingerprint density at radius 3 is 2.85 bits per heavy atom. The van der Waals surface area contributed by atoms with Crippen LogP contribution in [0.1, 0.15) is 46.0 Å². The molecule has 0 aliphatic rings. The van der Waals surface area contributed by atoms with Crippen molar-refractivity contribution in [1.82, 2.24) is 4.98 Å². The van der Waals surface area contributed by atoms with E-state index in [1.807, 2.05) is 12.1 Å². The molecule has 0 amide bonds. The van der Waals surface area contributed by atoms with Gasteiger partial charge in [0.15, 0.2) is 0 Å². The van der Waals surface area contributed by atoms with E-state index in [2.05, 4.69) is 36.3 Å². The van der Waals surface area contributed by atoms with Gasteiger partial charge < -0.3 is 5.32 Å². The first-order valence-corrected chi connectivity index (χ1v) is 7.90. The Labute approximate surface area is 126 Å². The van der Waals surface area contributed by atoms with E-state index in [1.54, 1.807) is 6.20 Å². The molecule has 2 aromatic rings. The van der Waals surface area contributed by atoms with Gasteiger partial charge in [0.1, 0.15) is 0 Å². The minimum atomic E-state index is 0.469. The third kappa shape index (κ3) is 3.86. The maximum absolute atomic E-state index is 6.19. The number of nitrogens with one attached hydrogen (secondary N) is 1. The quantitative estimate of drug-likeness (QED) is 0.666. The van der Waals surface area contributed by atoms with E-state index in [0.29, 0.717) is 11.1 Å². The summed E-state index contributed by atoms with van der Waals surface area (Å²) in [7, 11) is 0. The average molecular weight is 291 g/mol. The second-order valence-corrected chi connectivity index (χ2v) is 5.80. The Morgan fingerprint density at radius 1 is 1.20 bits per heavy atom. The normalized spacial score (nSPS) is 12.6. The predicted molar refractivity (Wildman–Crippen MR) is 88.6 cm³/mol. The fourth-order valence-electron chi connectivity index (χ4n) is 2.48. The Kier molecular flexibility index (Phi) is 5.66. The van der Waals surface area contributed by atoms with Crippen molar-refractivity contribution < 1.29 is 0 Å². The first-order valence-electron chi connectivity index (χ1n) is 7.52. The Morgan fingerprint density at radius 2 is 2.05 bits per heavy atom. The molecule has 0 saturated heterocycles. The van der Waals surface area contributed by atoms with E-state index >= 15 is 0 Å². The highest BCUT2D eigenvalue weighted by atomic mass is 35.5. The van der Waals surface area contributed by atoms with Crippen molar-refractivity contribution in [2.24, 2.45) is 0 Å². The van der Waals surface area contributed by atoms with Gasteiger partial charge in [0.2, 0.25) is 0 Å². The van der Waals surface area contributed by atoms with Crippen LogP contribution < -0.4 is 5.32 Å². The Balaban J connectivity index is 2.04. The summed E-state index contributed by atoms with van der Waals surface area (Å²) in [4.78, 5) is 4.36. The van der Waals surface area contributed by atoms with Crippen molar-refractivity contribution in [2.45, 2.75) is 52.0 Å². The first kappa shape index (κ1) is 15.1. The third-order valence-corrected chi connectivity index (χ3v) is 3.92. The molecule has 3 heteroatoms. The van der Waals surface area contributed by atoms with E-state index in [0.717, 1.165) is 16.6 Å². The van der Waals surface area contributed by atoms with Gasteiger partial charge in [0, 0.05) is 23.3 Å². The van der Waals surface area contributed by atoms with Crippen LogP contribution in [0.3, 0.4) is 0 Å². The molecule has 0 saturated carbocycles. The van der Waals surface area contributed by atoms with Crippen LogP contribution >= 0.6 is 11.6 Å². The summed E-state index contributed by atoms with van der Waals surface area (Å²) in [6, 6.07) is 8.46. The van der Waals surface area contributed by atoms with Gasteiger partial charge in [-0.2, -0.15) is 0 Å². The summed E-state index contributed by atoms with van der Waals surface area (Å²) in [5, 5.41) is 5.40. The number of hydrogen-bond acceptors (Lipinski definition) is 2. The highest BCUT2D eigenvalue weighted by molar-refractivity contribution is 6.35. The Bertz CT molecular complexity index is 554. The van der Waals surface area contributed by atoms with E-state index in [4.69, 9.17) is 11.6 Å². The van der Waals surface area contributed by atoms with Crippen LogP contribution in [0.25, 0.3) is 10.9 Å². The summed E-state index contributed by atoms with van der Waals surface area (Å²) in [6.07, 6.45) is 8.21. The van der Waals surface area contributed by atoms with E-state index in [-0.39, 0.29) is 0 Å². The van der Waals surface area contributed by atoms with E-state index < -0.39 is 0 Å². The SMILES string of the molecule is CCCCCCC(C)Nc1ccc(Cl)c2ncccc12. The second-order valence-electron chi connectivity index (χ2n) is 5.39. The number of nitrogens with zero attached hydrogens (tertiary/aromatic N) is 1. The molecular weight excluding hydrogens is 268 g/mol. The van der Waals surface area contributed by atoms with Crippen LogP contribution in [0.2, 0.25) is 5.02 Å². The van der Waals surface area contributed by atoms with Crippen LogP contribution in [0.15, 0.2) is 30.5 Å². The summed E-state index contributed by atoms with van der Waals surface area (Å²) < 4.78 is 0. The molecule has 2 nitrogen and oxygen atoms in total. The molecule has 108 valence electrons. The van der Waals surface area contributed by atoms with Crippen molar-refractivity contribution in [1.29, 1.82) is 0 Å². The number of anilines is 1. The number of rotatable bonds is 7. The topological polar surface area (TPSA) is 24.9 Å². The van der Waals surface area contributed by atoms with E-state index in [9.17, 15) is 0 Å². The van der Waals surface area contributed by atoms with Gasteiger partial charge in [-0.3, -0.25) is 4.98 Å². The molecule has 1 N–H and O–H groups in total. The van der Waals surface area contributed by atoms with Crippen LogP contribution in [0, 0.1) is 0 Å². The fraction of sp³-hybridized carbons (Fsp3) is 0.471. The largest absolute Gasteiger partial charge is 0.382 e. The lowest BCUT2D eigenvalue weighted by Crippen LogP contribution is -2.15. The highest BCUT2D eigenvalue weighted by Crippen LogP contribution is 2.28. The lowest BCUT2D eigenvalue weighted by atomic mass is 10.1. The maximum atomic E-state index is 6.19. The van der Waals surface area contributed by atoms with Gasteiger partial charge in [0.05, 0.1) is 10.5 Å². The summed E-state index contributed by atoms with van der Waals surface area (Å²) >= 11 is 6.19. The van der Waals surface area contributed by atoms with Crippen molar-refractivity contribution in [2.75, 3.05) is 5.32 Å². The summed E-state index contributed by atoms with van der Waals surface area (Å²) in [5.74, 6) is 0. The van der Waals surface area contributed by atoms with Crippen LogP contribution in [0.5, 0.6) is 0 Å². The van der Waals surface area contributed by atoms with Crippen molar-refractivity contribution in [3.8, 4) is 0 Å². The van der Waals surface area contributed by atoms with Crippen LogP contribution in [-0.4, -0.2) is 11.0 Å². The van der Waals surface area contributed by atoms with Crippen molar-refractivity contribution in [3.05, 3.63) is 35.5 Å². The zero-order valence-electron chi connectivity index (χ0n) is 12.3. The predicted octanol–water partition coefficient (Wildman–Crippen LogP) is 5.66. The molecule has 1 unspecified atom stereocenters. The third-order valence-electron chi connectivity index (χ3n) is 3.61. The molecule has 0 aliphatic heterocycles. The van der Waals surface area contributed by atoms with Gasteiger partial charge in [-0.05, 0) is 37.6 Å². The van der Waals surface area contributed by atoms with Gasteiger partial charge >= 0.3 is 0 Å². The molecule has 0 spiro atoms. The lowest BCUT2D eigenvalue weighted by molar-refractivity contribution is 0.594. The summed E-state index contributed by atoms with van der Waals surface area (Å²) in [5.41, 5.74) is 2.00. The molecule has 1 aromatic heterocycles. The smallest absolute Gasteiger partial charge is 0.0908 e. The average Bonchev–Trinajstić information content (AvgIpc) is 2.47. The highest BCUT2D eigenvalue weighted by Gasteiger charge is 2.08. The molecule has 0 aliphatic carbocycles. The monoisotopic (exact) mass is 290 g/mol. The zero-order valence-corrected chi connectivity index (χ0v) is 13.1. The number of halogens is 1. The zero-order chi connectivity index (χ0) is 14.4. The number of pyridine rings is 1. The first-order chi connectivity index (χ1) is 9.72. The molecule has 20 heavy (non-hydrogen) atoms. The number of hydrogen-bond donors (Lipinski definition) is 1. The van der Waals surface area contributed by atoms with Crippen LogP contribution in [-0.2, 0) is 0 Å². The maximum Gasteiger partial charge on any atom is 0.0908 e. The Hall–Kier alpha value is -1.28. The van der Waals surface area contributed by atoms with E-state index in [1.165, 1.54) is 32.1 Å². The van der Waals surface area contributed by atoms with Crippen LogP contribution in [0.4, 0.5) is 5.69 Å². The van der Waals surface area contributed by atoms with Gasteiger partial charge in [-0.25, -0.2) is 0 Å². The second kappa shape index (κ2) is 7.49. The molecule has 1 atom stereocenters. The molecule has 2 rings (SSSR count). The minimum Gasteiger partial charge on any atom is -0.382 e. The molecule has 0 radical (unpaired) electrons. The molecule has 0 fully saturated rings. The number of benzene rings is 1. The van der Waals surface area contributed by atoms with Crippen molar-refractivity contribution in [3.63, 3.8) is 0 Å². The number of fused-ring (bicyclic) bond motifs is 1. The van der Waals surface area contributed by atoms with Gasteiger partial charge in [-0.1, -0.05) is 44.2 Å². The summed E-state index contributed by atoms with van der Waals surface area (Å²) in [6.45, 7) is 4.48. The lowest BCUT2D eigenvalue weighted by Gasteiger charge is -2.17.